The fourth-order valence-electron chi connectivity index (χ4n) is 4.24. The van der Waals surface area contributed by atoms with Crippen LogP contribution in [0.1, 0.15) is 31.7 Å². The third-order valence-corrected chi connectivity index (χ3v) is 6.20. The van der Waals surface area contributed by atoms with E-state index in [1.165, 1.54) is 5.56 Å². The van der Waals surface area contributed by atoms with Gasteiger partial charge < -0.3 is 29.5 Å². The summed E-state index contributed by atoms with van der Waals surface area (Å²) in [4.78, 5) is 16.3. The van der Waals surface area contributed by atoms with E-state index in [0.717, 1.165) is 96.6 Å². The van der Waals surface area contributed by atoms with E-state index in [2.05, 4.69) is 49.0 Å². The molecule has 8 nitrogen and oxygen atoms in total. The molecule has 0 aliphatic carbocycles. The van der Waals surface area contributed by atoms with Gasteiger partial charge in [-0.1, -0.05) is 6.92 Å². The zero-order valence-corrected chi connectivity index (χ0v) is 22.3. The molecule has 0 saturated carbocycles. The first kappa shape index (κ1) is 27.1. The monoisotopic (exact) mass is 560 g/mol. The number of piperidine rings is 1. The number of likely N-dealkylation sites (tertiary alicyclic amines) is 1. The summed E-state index contributed by atoms with van der Waals surface area (Å²) in [6.45, 7) is 11.9. The standard InChI is InChI=1S/C23H40N6O2.HI/c1-4-27-12-14-28(15-13-27)22-18-20(6-9-25-22)19-26-23(24-2)29-10-7-21(8-11-29)31-17-5-16-30-3;/h6,9,18,21H,4-5,7-8,10-17,19H2,1-3H3,(H,24,26);1H. The van der Waals surface area contributed by atoms with Crippen LogP contribution in [0.4, 0.5) is 5.82 Å². The zero-order chi connectivity index (χ0) is 21.9. The number of likely N-dealkylation sites (N-methyl/N-ethyl adjacent to an activating group) is 1. The molecule has 2 aliphatic rings. The lowest BCUT2D eigenvalue weighted by Crippen LogP contribution is -2.47. The lowest BCUT2D eigenvalue weighted by Gasteiger charge is -2.35. The maximum absolute atomic E-state index is 5.98. The van der Waals surface area contributed by atoms with Crippen molar-refractivity contribution in [3.8, 4) is 0 Å². The molecule has 2 fully saturated rings. The van der Waals surface area contributed by atoms with Gasteiger partial charge in [0.1, 0.15) is 5.82 Å². The molecule has 1 N–H and O–H groups in total. The van der Waals surface area contributed by atoms with E-state index >= 15 is 0 Å². The molecule has 0 atom stereocenters. The minimum absolute atomic E-state index is 0. The van der Waals surface area contributed by atoms with Gasteiger partial charge in [0.2, 0.25) is 0 Å². The average molecular weight is 561 g/mol. The van der Waals surface area contributed by atoms with Gasteiger partial charge in [0.25, 0.3) is 0 Å². The second-order valence-electron chi connectivity index (χ2n) is 8.25. The van der Waals surface area contributed by atoms with Crippen molar-refractivity contribution in [1.29, 1.82) is 0 Å². The lowest BCUT2D eigenvalue weighted by atomic mass is 10.1. The normalized spacial score (nSPS) is 18.5. The van der Waals surface area contributed by atoms with Crippen LogP contribution in [0.25, 0.3) is 0 Å². The number of anilines is 1. The highest BCUT2D eigenvalue weighted by atomic mass is 127. The van der Waals surface area contributed by atoms with E-state index in [1.807, 2.05) is 13.2 Å². The molecule has 3 rings (SSSR count). The second kappa shape index (κ2) is 14.9. The predicted octanol–water partition coefficient (Wildman–Crippen LogP) is 2.43. The first-order valence-corrected chi connectivity index (χ1v) is 11.7. The zero-order valence-electron chi connectivity index (χ0n) is 20.0. The molecule has 3 heterocycles. The molecule has 0 aromatic carbocycles. The highest BCUT2D eigenvalue weighted by molar-refractivity contribution is 14.0. The van der Waals surface area contributed by atoms with Crippen molar-refractivity contribution in [2.24, 2.45) is 4.99 Å². The molecule has 0 radical (unpaired) electrons. The van der Waals surface area contributed by atoms with Crippen LogP contribution >= 0.6 is 24.0 Å². The fourth-order valence-corrected chi connectivity index (χ4v) is 4.24. The van der Waals surface area contributed by atoms with Crippen LogP contribution in [0, 0.1) is 0 Å². The maximum Gasteiger partial charge on any atom is 0.193 e. The minimum atomic E-state index is 0. The Morgan fingerprint density at radius 3 is 2.56 bits per heavy atom. The smallest absolute Gasteiger partial charge is 0.193 e. The van der Waals surface area contributed by atoms with E-state index in [0.29, 0.717) is 6.10 Å². The van der Waals surface area contributed by atoms with Gasteiger partial charge in [-0.15, -0.1) is 24.0 Å². The molecule has 0 amide bonds. The Balaban J connectivity index is 0.00000363. The highest BCUT2D eigenvalue weighted by Crippen LogP contribution is 2.16. The topological polar surface area (TPSA) is 65.5 Å². The molecule has 1 aromatic rings. The number of hydrogen-bond donors (Lipinski definition) is 1. The molecule has 0 spiro atoms. The van der Waals surface area contributed by atoms with Crippen molar-refractivity contribution in [1.82, 2.24) is 20.1 Å². The van der Waals surface area contributed by atoms with Gasteiger partial charge in [0.15, 0.2) is 5.96 Å². The van der Waals surface area contributed by atoms with Crippen molar-refractivity contribution < 1.29 is 9.47 Å². The molecule has 1 aromatic heterocycles. The van der Waals surface area contributed by atoms with Crippen LogP contribution in [0.5, 0.6) is 0 Å². The van der Waals surface area contributed by atoms with Crippen LogP contribution in [0.3, 0.4) is 0 Å². The number of rotatable bonds is 9. The van der Waals surface area contributed by atoms with E-state index in [-0.39, 0.29) is 24.0 Å². The number of aliphatic imine (C=N–C) groups is 1. The van der Waals surface area contributed by atoms with Crippen molar-refractivity contribution >= 4 is 35.8 Å². The van der Waals surface area contributed by atoms with Crippen LogP contribution < -0.4 is 10.2 Å². The van der Waals surface area contributed by atoms with Crippen molar-refractivity contribution in [2.45, 2.75) is 38.8 Å². The van der Waals surface area contributed by atoms with Gasteiger partial charge in [0, 0.05) is 79.4 Å². The Labute approximate surface area is 210 Å². The minimum Gasteiger partial charge on any atom is -0.385 e. The number of nitrogens with one attached hydrogen (secondary N) is 1. The third-order valence-electron chi connectivity index (χ3n) is 6.20. The van der Waals surface area contributed by atoms with Crippen molar-refractivity contribution in [3.05, 3.63) is 23.9 Å². The van der Waals surface area contributed by atoms with Crippen LogP contribution in [-0.4, -0.2) is 100 Å². The third kappa shape index (κ3) is 8.31. The summed E-state index contributed by atoms with van der Waals surface area (Å²) in [6.07, 6.45) is 5.31. The van der Waals surface area contributed by atoms with Crippen molar-refractivity contribution in [2.75, 3.05) is 78.1 Å². The number of pyridine rings is 1. The van der Waals surface area contributed by atoms with Gasteiger partial charge in [-0.25, -0.2) is 4.98 Å². The molecular formula is C23H41IN6O2. The molecule has 32 heavy (non-hydrogen) atoms. The summed E-state index contributed by atoms with van der Waals surface area (Å²) in [7, 11) is 3.60. The number of piperazine rings is 1. The van der Waals surface area contributed by atoms with Gasteiger partial charge in [-0.2, -0.15) is 0 Å². The molecule has 0 unspecified atom stereocenters. The SMILES string of the molecule is CCN1CCN(c2cc(CNC(=NC)N3CCC(OCCCOC)CC3)ccn2)CC1.I. The predicted molar refractivity (Wildman–Crippen MR) is 141 cm³/mol. The summed E-state index contributed by atoms with van der Waals surface area (Å²) in [5.74, 6) is 2.05. The number of aromatic nitrogens is 1. The summed E-state index contributed by atoms with van der Waals surface area (Å²) in [5.41, 5.74) is 1.24. The number of guanidine groups is 1. The average Bonchev–Trinajstić information content (AvgIpc) is 2.83. The first-order valence-electron chi connectivity index (χ1n) is 11.7. The fraction of sp³-hybridized carbons (Fsp3) is 0.739. The highest BCUT2D eigenvalue weighted by Gasteiger charge is 2.22. The first-order chi connectivity index (χ1) is 15.2. The van der Waals surface area contributed by atoms with E-state index < -0.39 is 0 Å². The van der Waals surface area contributed by atoms with Gasteiger partial charge in [0.05, 0.1) is 6.10 Å². The van der Waals surface area contributed by atoms with Gasteiger partial charge in [-0.05, 0) is 43.5 Å². The molecule has 2 aliphatic heterocycles. The molecule has 9 heteroatoms. The largest absolute Gasteiger partial charge is 0.385 e. The van der Waals surface area contributed by atoms with E-state index in [1.54, 1.807) is 7.11 Å². The summed E-state index contributed by atoms with van der Waals surface area (Å²) >= 11 is 0. The summed E-state index contributed by atoms with van der Waals surface area (Å²) < 4.78 is 11.1. The van der Waals surface area contributed by atoms with E-state index in [9.17, 15) is 0 Å². The number of nitrogens with zero attached hydrogens (tertiary/aromatic N) is 5. The summed E-state index contributed by atoms with van der Waals surface area (Å²) in [6, 6.07) is 4.30. The van der Waals surface area contributed by atoms with Gasteiger partial charge in [-0.3, -0.25) is 4.99 Å². The van der Waals surface area contributed by atoms with Crippen molar-refractivity contribution in [3.63, 3.8) is 0 Å². The lowest BCUT2D eigenvalue weighted by molar-refractivity contribution is 0.00989. The quantitative estimate of drug-likeness (QED) is 0.216. The number of halogens is 1. The Kier molecular flexibility index (Phi) is 12.6. The van der Waals surface area contributed by atoms with Crippen LogP contribution in [0.2, 0.25) is 0 Å². The number of hydrogen-bond acceptors (Lipinski definition) is 6. The summed E-state index contributed by atoms with van der Waals surface area (Å²) in [5, 5.41) is 3.54. The van der Waals surface area contributed by atoms with Crippen LogP contribution in [0.15, 0.2) is 23.3 Å². The maximum atomic E-state index is 5.98. The van der Waals surface area contributed by atoms with Gasteiger partial charge >= 0.3 is 0 Å². The Morgan fingerprint density at radius 2 is 1.91 bits per heavy atom. The molecular weight excluding hydrogens is 519 g/mol. The number of methoxy groups -OCH3 is 1. The molecule has 2 saturated heterocycles. The Morgan fingerprint density at radius 1 is 1.16 bits per heavy atom. The second-order valence-corrected chi connectivity index (χ2v) is 8.25. The Bertz CT molecular complexity index is 676. The molecule has 182 valence electrons. The Hall–Kier alpha value is -1.17. The van der Waals surface area contributed by atoms with Crippen LogP contribution in [-0.2, 0) is 16.0 Å². The molecule has 0 bridgehead atoms. The van der Waals surface area contributed by atoms with E-state index in [4.69, 9.17) is 9.47 Å². The number of ether oxygens (including phenoxy) is 2.